The fourth-order valence-electron chi connectivity index (χ4n) is 3.00. The van der Waals surface area contributed by atoms with Gasteiger partial charge < -0.3 is 10.2 Å². The first-order chi connectivity index (χ1) is 11.2. The Morgan fingerprint density at radius 2 is 2.13 bits per heavy atom. The molecule has 0 atom stereocenters. The Hall–Kier alpha value is -2.80. The molecule has 0 unspecified atom stereocenters. The third-order valence-corrected chi connectivity index (χ3v) is 4.11. The van der Waals surface area contributed by atoms with Gasteiger partial charge in [-0.3, -0.25) is 9.58 Å². The first kappa shape index (κ1) is 13.8. The zero-order valence-corrected chi connectivity index (χ0v) is 13.0. The first-order valence-electron chi connectivity index (χ1n) is 7.55. The van der Waals surface area contributed by atoms with Crippen LogP contribution in [0.15, 0.2) is 42.0 Å². The highest BCUT2D eigenvalue weighted by Crippen LogP contribution is 2.35. The van der Waals surface area contributed by atoms with E-state index in [0.29, 0.717) is 18.7 Å². The van der Waals surface area contributed by atoms with Crippen LogP contribution in [0.5, 0.6) is 0 Å². The maximum Gasteiger partial charge on any atom is 0.358 e. The van der Waals surface area contributed by atoms with E-state index in [0.717, 1.165) is 28.5 Å². The van der Waals surface area contributed by atoms with E-state index in [1.54, 1.807) is 13.3 Å². The number of para-hydroxylation sites is 2. The molecule has 0 saturated heterocycles. The van der Waals surface area contributed by atoms with Crippen molar-refractivity contribution in [2.45, 2.75) is 20.3 Å². The summed E-state index contributed by atoms with van der Waals surface area (Å²) in [6.07, 6.45) is 2.26. The van der Waals surface area contributed by atoms with E-state index in [9.17, 15) is 4.79 Å². The summed E-state index contributed by atoms with van der Waals surface area (Å²) in [5, 5.41) is 2.01. The lowest BCUT2D eigenvalue weighted by Gasteiger charge is -2.20. The standard InChI is InChI=1S/C16H17N5O2/c1-3-23-16(22)15-14-8-13-10(2)18-19-21(13)12-7-5-4-6-11(12)20(14)9-17-15/h4-7,9,18-19H,3,8H2,1-2H3. The molecule has 2 aromatic rings. The molecule has 0 radical (unpaired) electrons. The normalized spacial score (nSPS) is 15.5. The molecule has 1 aromatic heterocycles. The molecule has 0 bridgehead atoms. The molecule has 0 fully saturated rings. The molecule has 118 valence electrons. The van der Waals surface area contributed by atoms with Crippen molar-refractivity contribution in [1.29, 1.82) is 0 Å². The summed E-state index contributed by atoms with van der Waals surface area (Å²) < 4.78 is 7.10. The van der Waals surface area contributed by atoms with E-state index < -0.39 is 0 Å². The van der Waals surface area contributed by atoms with Gasteiger partial charge in [0.1, 0.15) is 6.33 Å². The monoisotopic (exact) mass is 311 g/mol. The number of rotatable bonds is 2. The number of benzene rings is 1. The van der Waals surface area contributed by atoms with Crippen molar-refractivity contribution in [3.8, 4) is 5.69 Å². The van der Waals surface area contributed by atoms with Crippen molar-refractivity contribution < 1.29 is 9.53 Å². The maximum atomic E-state index is 12.2. The predicted octanol–water partition coefficient (Wildman–Crippen LogP) is 1.67. The van der Waals surface area contributed by atoms with Crippen LogP contribution in [0.3, 0.4) is 0 Å². The van der Waals surface area contributed by atoms with Crippen molar-refractivity contribution in [2.24, 2.45) is 0 Å². The number of anilines is 1. The molecule has 1 aromatic carbocycles. The summed E-state index contributed by atoms with van der Waals surface area (Å²) in [6.45, 7) is 4.13. The number of nitrogens with zero attached hydrogens (tertiary/aromatic N) is 3. The van der Waals surface area contributed by atoms with E-state index in [2.05, 4.69) is 15.9 Å². The molecule has 0 aliphatic carbocycles. The molecule has 0 amide bonds. The van der Waals surface area contributed by atoms with Gasteiger partial charge in [0.05, 0.1) is 29.4 Å². The van der Waals surface area contributed by atoms with Gasteiger partial charge in [-0.15, -0.1) is 5.53 Å². The summed E-state index contributed by atoms with van der Waals surface area (Å²) in [6, 6.07) is 7.99. The number of allylic oxidation sites excluding steroid dienone is 2. The van der Waals surface area contributed by atoms with Crippen molar-refractivity contribution in [2.75, 3.05) is 11.6 Å². The topological polar surface area (TPSA) is 71.4 Å². The van der Waals surface area contributed by atoms with Gasteiger partial charge in [0, 0.05) is 12.1 Å². The Balaban J connectivity index is 1.93. The Kier molecular flexibility index (Phi) is 3.09. The fourth-order valence-corrected chi connectivity index (χ4v) is 3.00. The zero-order chi connectivity index (χ0) is 16.0. The van der Waals surface area contributed by atoms with Gasteiger partial charge >= 0.3 is 5.97 Å². The molecule has 3 heterocycles. The Morgan fingerprint density at radius 3 is 2.91 bits per heavy atom. The van der Waals surface area contributed by atoms with Crippen LogP contribution in [0.2, 0.25) is 0 Å². The average Bonchev–Trinajstić information content (AvgIpc) is 3.09. The van der Waals surface area contributed by atoms with Crippen LogP contribution in [-0.2, 0) is 11.2 Å². The summed E-state index contributed by atoms with van der Waals surface area (Å²) in [4.78, 5) is 16.5. The molecular formula is C16H17N5O2. The fraction of sp³-hybridized carbons (Fsp3) is 0.250. The van der Waals surface area contributed by atoms with Gasteiger partial charge in [-0.1, -0.05) is 12.1 Å². The summed E-state index contributed by atoms with van der Waals surface area (Å²) in [5.74, 6) is -0.385. The number of carbonyl (C=O) groups is 1. The van der Waals surface area contributed by atoms with Crippen LogP contribution >= 0.6 is 0 Å². The highest BCUT2D eigenvalue weighted by Gasteiger charge is 2.31. The van der Waals surface area contributed by atoms with Crippen LogP contribution in [0.4, 0.5) is 5.69 Å². The number of aromatic nitrogens is 2. The number of esters is 1. The van der Waals surface area contributed by atoms with Crippen LogP contribution < -0.4 is 16.0 Å². The van der Waals surface area contributed by atoms with Crippen molar-refractivity contribution in [3.63, 3.8) is 0 Å². The molecule has 7 heteroatoms. The van der Waals surface area contributed by atoms with E-state index in [-0.39, 0.29) is 5.97 Å². The first-order valence-corrected chi connectivity index (χ1v) is 7.55. The van der Waals surface area contributed by atoms with Gasteiger partial charge in [0.15, 0.2) is 5.69 Å². The molecule has 7 nitrogen and oxygen atoms in total. The Bertz CT molecular complexity index is 824. The zero-order valence-electron chi connectivity index (χ0n) is 13.0. The lowest BCUT2D eigenvalue weighted by atomic mass is 10.1. The Morgan fingerprint density at radius 1 is 1.35 bits per heavy atom. The van der Waals surface area contributed by atoms with Crippen molar-refractivity contribution in [1.82, 2.24) is 20.5 Å². The number of nitrogens with one attached hydrogen (secondary N) is 2. The van der Waals surface area contributed by atoms with Crippen LogP contribution in [0, 0.1) is 0 Å². The third kappa shape index (κ3) is 2.01. The predicted molar refractivity (Wildman–Crippen MR) is 84.7 cm³/mol. The second-order valence-electron chi connectivity index (χ2n) is 5.44. The van der Waals surface area contributed by atoms with Crippen molar-refractivity contribution in [3.05, 3.63) is 53.4 Å². The lowest BCUT2D eigenvalue weighted by molar-refractivity contribution is 0.0519. The third-order valence-electron chi connectivity index (χ3n) is 4.11. The summed E-state index contributed by atoms with van der Waals surface area (Å²) in [7, 11) is 0. The molecule has 0 spiro atoms. The van der Waals surface area contributed by atoms with E-state index in [4.69, 9.17) is 4.74 Å². The highest BCUT2D eigenvalue weighted by atomic mass is 16.5. The van der Waals surface area contributed by atoms with Crippen LogP contribution in [0.25, 0.3) is 5.69 Å². The van der Waals surface area contributed by atoms with E-state index in [1.807, 2.05) is 40.8 Å². The highest BCUT2D eigenvalue weighted by molar-refractivity contribution is 5.89. The number of fused-ring (bicyclic) bond motifs is 5. The minimum absolute atomic E-state index is 0.332. The number of hydrogen-bond donors (Lipinski definition) is 2. The minimum Gasteiger partial charge on any atom is -0.461 e. The summed E-state index contributed by atoms with van der Waals surface area (Å²) >= 11 is 0. The van der Waals surface area contributed by atoms with E-state index in [1.165, 1.54) is 0 Å². The van der Waals surface area contributed by atoms with Gasteiger partial charge in [0.2, 0.25) is 0 Å². The minimum atomic E-state index is -0.385. The van der Waals surface area contributed by atoms with Crippen molar-refractivity contribution >= 4 is 11.7 Å². The number of hydrogen-bond acceptors (Lipinski definition) is 6. The van der Waals surface area contributed by atoms with Crippen LogP contribution in [-0.4, -0.2) is 22.1 Å². The molecule has 2 N–H and O–H groups in total. The second-order valence-corrected chi connectivity index (χ2v) is 5.44. The smallest absolute Gasteiger partial charge is 0.358 e. The van der Waals surface area contributed by atoms with E-state index >= 15 is 0 Å². The lowest BCUT2D eigenvalue weighted by Crippen LogP contribution is -2.38. The molecule has 0 saturated carbocycles. The largest absolute Gasteiger partial charge is 0.461 e. The molecular weight excluding hydrogens is 294 g/mol. The molecule has 23 heavy (non-hydrogen) atoms. The van der Waals surface area contributed by atoms with Gasteiger partial charge in [-0.2, -0.15) is 0 Å². The number of imidazole rings is 1. The SMILES string of the molecule is CCOC(=O)c1ncn2c1CC1=C(C)NNN1c1ccccc1-2. The quantitative estimate of drug-likeness (QED) is 0.822. The van der Waals surface area contributed by atoms with Gasteiger partial charge in [-0.25, -0.2) is 9.78 Å². The van der Waals surface area contributed by atoms with Crippen LogP contribution in [0.1, 0.15) is 30.0 Å². The average molecular weight is 311 g/mol. The molecule has 4 rings (SSSR count). The summed E-state index contributed by atoms with van der Waals surface area (Å²) in [5.41, 5.74) is 11.5. The number of ether oxygens (including phenoxy) is 1. The number of carbonyl (C=O) groups excluding carboxylic acids is 1. The second kappa shape index (κ2) is 5.13. The van der Waals surface area contributed by atoms with Gasteiger partial charge in [-0.05, 0) is 26.0 Å². The van der Waals surface area contributed by atoms with Gasteiger partial charge in [0.25, 0.3) is 0 Å². The molecule has 2 aliphatic rings. The Labute approximate surface area is 133 Å². The number of hydrazine groups is 2. The molecule has 2 aliphatic heterocycles. The maximum absolute atomic E-state index is 12.2.